The molecule has 3 rings (SSSR count). The average Bonchev–Trinajstić information content (AvgIpc) is 3.01. The standard InChI is InChI=1S/C18H21N3O3S/c1-24-18-13(8-6-10-19-18)16(22)20-21-17(23)15-11-12-7-4-2-3-5-9-14(12)25-15/h6,8,10-11H,2-5,7,9H2,1H3,(H,20,22)(H,21,23). The molecule has 0 atom stereocenters. The highest BCUT2D eigenvalue weighted by molar-refractivity contribution is 7.14. The van der Waals surface area contributed by atoms with Gasteiger partial charge in [0.25, 0.3) is 11.8 Å². The zero-order valence-corrected chi connectivity index (χ0v) is 14.9. The topological polar surface area (TPSA) is 80.3 Å². The molecule has 0 fully saturated rings. The Hall–Kier alpha value is -2.41. The van der Waals surface area contributed by atoms with Crippen LogP contribution in [-0.2, 0) is 12.8 Å². The summed E-state index contributed by atoms with van der Waals surface area (Å²) in [6, 6.07) is 5.18. The fourth-order valence-corrected chi connectivity index (χ4v) is 4.07. The summed E-state index contributed by atoms with van der Waals surface area (Å²) in [4.78, 5) is 30.5. The molecule has 6 nitrogen and oxygen atoms in total. The highest BCUT2D eigenvalue weighted by Crippen LogP contribution is 2.28. The van der Waals surface area contributed by atoms with E-state index in [1.807, 2.05) is 6.07 Å². The van der Waals surface area contributed by atoms with Crippen molar-refractivity contribution in [3.63, 3.8) is 0 Å². The number of hydrazine groups is 1. The Balaban J connectivity index is 1.64. The predicted octanol–water partition coefficient (Wildman–Crippen LogP) is 2.89. The number of fused-ring (bicyclic) bond motifs is 1. The second kappa shape index (κ2) is 8.11. The molecule has 0 saturated heterocycles. The van der Waals surface area contributed by atoms with Crippen LogP contribution in [0.2, 0.25) is 0 Å². The van der Waals surface area contributed by atoms with Gasteiger partial charge in [0.15, 0.2) is 0 Å². The van der Waals surface area contributed by atoms with Gasteiger partial charge in [-0.05, 0) is 49.4 Å². The zero-order valence-electron chi connectivity index (χ0n) is 14.1. The van der Waals surface area contributed by atoms with Crippen molar-refractivity contribution in [2.24, 2.45) is 0 Å². The molecule has 1 aliphatic carbocycles. The van der Waals surface area contributed by atoms with Crippen molar-refractivity contribution in [3.8, 4) is 5.88 Å². The maximum atomic E-state index is 12.4. The van der Waals surface area contributed by atoms with E-state index >= 15 is 0 Å². The van der Waals surface area contributed by atoms with E-state index in [9.17, 15) is 9.59 Å². The number of ether oxygens (including phenoxy) is 1. The molecule has 0 radical (unpaired) electrons. The highest BCUT2D eigenvalue weighted by Gasteiger charge is 2.18. The molecule has 0 unspecified atom stereocenters. The lowest BCUT2D eigenvalue weighted by Gasteiger charge is -2.08. The number of rotatable bonds is 3. The van der Waals surface area contributed by atoms with Gasteiger partial charge in [0.1, 0.15) is 5.56 Å². The summed E-state index contributed by atoms with van der Waals surface area (Å²) in [6.45, 7) is 0. The number of pyridine rings is 1. The number of nitrogens with one attached hydrogen (secondary N) is 2. The molecule has 0 bridgehead atoms. The minimum atomic E-state index is -0.465. The van der Waals surface area contributed by atoms with Crippen LogP contribution in [0.4, 0.5) is 0 Å². The Kier molecular flexibility index (Phi) is 5.65. The molecular weight excluding hydrogens is 338 g/mol. The van der Waals surface area contributed by atoms with Crippen molar-refractivity contribution >= 4 is 23.2 Å². The number of carbonyl (C=O) groups is 2. The van der Waals surface area contributed by atoms with Crippen LogP contribution < -0.4 is 15.6 Å². The fraction of sp³-hybridized carbons (Fsp3) is 0.389. The molecule has 2 amide bonds. The first kappa shape index (κ1) is 17.4. The quantitative estimate of drug-likeness (QED) is 0.826. The number of methoxy groups -OCH3 is 1. The van der Waals surface area contributed by atoms with Crippen LogP contribution in [0.3, 0.4) is 0 Å². The third-order valence-electron chi connectivity index (χ3n) is 4.22. The van der Waals surface area contributed by atoms with Crippen LogP contribution in [-0.4, -0.2) is 23.9 Å². The van der Waals surface area contributed by atoms with E-state index in [4.69, 9.17) is 4.74 Å². The lowest BCUT2D eigenvalue weighted by molar-refractivity contribution is 0.0846. The van der Waals surface area contributed by atoms with Gasteiger partial charge in [-0.1, -0.05) is 12.8 Å². The van der Waals surface area contributed by atoms with Crippen LogP contribution in [0.25, 0.3) is 0 Å². The SMILES string of the molecule is COc1ncccc1C(=O)NNC(=O)c1cc2c(s1)CCCCCC2. The molecule has 2 N–H and O–H groups in total. The van der Waals surface area contributed by atoms with Crippen molar-refractivity contribution in [2.75, 3.05) is 7.11 Å². The molecule has 2 heterocycles. The van der Waals surface area contributed by atoms with Gasteiger partial charge in [0, 0.05) is 11.1 Å². The minimum absolute atomic E-state index is 0.216. The summed E-state index contributed by atoms with van der Waals surface area (Å²) in [5.41, 5.74) is 6.44. The molecule has 2 aromatic heterocycles. The van der Waals surface area contributed by atoms with Crippen molar-refractivity contribution in [1.29, 1.82) is 0 Å². The normalized spacial score (nSPS) is 14.0. The van der Waals surface area contributed by atoms with E-state index in [0.29, 0.717) is 4.88 Å². The number of aryl methyl sites for hydroxylation is 2. The van der Waals surface area contributed by atoms with Crippen molar-refractivity contribution in [3.05, 3.63) is 45.3 Å². The van der Waals surface area contributed by atoms with E-state index < -0.39 is 5.91 Å². The van der Waals surface area contributed by atoms with Gasteiger partial charge in [-0.2, -0.15) is 0 Å². The molecule has 0 spiro atoms. The number of hydrogen-bond donors (Lipinski definition) is 2. The second-order valence-electron chi connectivity index (χ2n) is 5.94. The summed E-state index contributed by atoms with van der Waals surface area (Å²) in [5.74, 6) is -0.547. The van der Waals surface area contributed by atoms with E-state index in [0.717, 1.165) is 12.8 Å². The molecule has 0 saturated carbocycles. The Morgan fingerprint density at radius 1 is 1.12 bits per heavy atom. The molecule has 25 heavy (non-hydrogen) atoms. The van der Waals surface area contributed by atoms with E-state index in [2.05, 4.69) is 15.8 Å². The van der Waals surface area contributed by atoms with Crippen molar-refractivity contribution in [2.45, 2.75) is 38.5 Å². The number of thiophene rings is 1. The summed E-state index contributed by atoms with van der Waals surface area (Å²) in [6.07, 6.45) is 8.44. The summed E-state index contributed by atoms with van der Waals surface area (Å²) in [5, 5.41) is 0. The van der Waals surface area contributed by atoms with Gasteiger partial charge in [-0.3, -0.25) is 20.4 Å². The van der Waals surface area contributed by atoms with Gasteiger partial charge < -0.3 is 4.74 Å². The number of amides is 2. The van der Waals surface area contributed by atoms with Gasteiger partial charge in [0.05, 0.1) is 12.0 Å². The van der Waals surface area contributed by atoms with Gasteiger partial charge in [0.2, 0.25) is 5.88 Å². The maximum absolute atomic E-state index is 12.4. The van der Waals surface area contributed by atoms with E-state index in [1.165, 1.54) is 60.8 Å². The van der Waals surface area contributed by atoms with Gasteiger partial charge >= 0.3 is 0 Å². The van der Waals surface area contributed by atoms with Crippen LogP contribution in [0.5, 0.6) is 5.88 Å². The summed E-state index contributed by atoms with van der Waals surface area (Å²) >= 11 is 1.52. The fourth-order valence-electron chi connectivity index (χ4n) is 2.92. The number of nitrogens with zero attached hydrogens (tertiary/aromatic N) is 1. The Bertz CT molecular complexity index is 747. The van der Waals surface area contributed by atoms with Crippen LogP contribution in [0.15, 0.2) is 24.4 Å². The van der Waals surface area contributed by atoms with Crippen LogP contribution in [0.1, 0.15) is 56.2 Å². The number of aromatic nitrogens is 1. The summed E-state index contributed by atoms with van der Waals surface area (Å²) in [7, 11) is 1.44. The second-order valence-corrected chi connectivity index (χ2v) is 7.08. The van der Waals surface area contributed by atoms with E-state index in [-0.39, 0.29) is 17.4 Å². The third-order valence-corrected chi connectivity index (χ3v) is 5.45. The predicted molar refractivity (Wildman–Crippen MR) is 95.9 cm³/mol. The van der Waals surface area contributed by atoms with Gasteiger partial charge in [-0.25, -0.2) is 4.98 Å². The molecule has 0 aliphatic heterocycles. The first-order valence-electron chi connectivity index (χ1n) is 8.40. The molecule has 7 heteroatoms. The highest BCUT2D eigenvalue weighted by atomic mass is 32.1. The van der Waals surface area contributed by atoms with Gasteiger partial charge in [-0.15, -0.1) is 11.3 Å². The molecule has 1 aliphatic rings. The average molecular weight is 359 g/mol. The Labute approximate surface area is 150 Å². The Morgan fingerprint density at radius 2 is 1.88 bits per heavy atom. The van der Waals surface area contributed by atoms with Crippen molar-refractivity contribution < 1.29 is 14.3 Å². The zero-order chi connectivity index (χ0) is 17.6. The molecular formula is C18H21N3O3S. The van der Waals surface area contributed by atoms with E-state index in [1.54, 1.807) is 12.1 Å². The lowest BCUT2D eigenvalue weighted by atomic mass is 10.00. The number of hydrogen-bond acceptors (Lipinski definition) is 5. The molecule has 0 aromatic carbocycles. The lowest BCUT2D eigenvalue weighted by Crippen LogP contribution is -2.41. The monoisotopic (exact) mass is 359 g/mol. The number of carbonyl (C=O) groups excluding carboxylic acids is 2. The smallest absolute Gasteiger partial charge is 0.279 e. The largest absolute Gasteiger partial charge is 0.480 e. The minimum Gasteiger partial charge on any atom is -0.480 e. The first-order chi connectivity index (χ1) is 12.2. The summed E-state index contributed by atoms with van der Waals surface area (Å²) < 4.78 is 5.05. The Morgan fingerprint density at radius 3 is 2.68 bits per heavy atom. The first-order valence-corrected chi connectivity index (χ1v) is 9.22. The van der Waals surface area contributed by atoms with Crippen LogP contribution in [0, 0.1) is 0 Å². The molecule has 132 valence electrons. The third kappa shape index (κ3) is 4.17. The van der Waals surface area contributed by atoms with Crippen LogP contribution >= 0.6 is 11.3 Å². The molecule has 2 aromatic rings. The maximum Gasteiger partial charge on any atom is 0.279 e. The van der Waals surface area contributed by atoms with Crippen molar-refractivity contribution in [1.82, 2.24) is 15.8 Å².